The predicted molar refractivity (Wildman–Crippen MR) is 130 cm³/mol. The number of carboxylic acid groups (broad SMARTS) is 1. The van der Waals surface area contributed by atoms with Gasteiger partial charge in [0.2, 0.25) is 0 Å². The highest BCUT2D eigenvalue weighted by Crippen LogP contribution is 2.48. The van der Waals surface area contributed by atoms with Gasteiger partial charge in [-0.1, -0.05) is 18.2 Å². The minimum Gasteiger partial charge on any atom is -0.486 e. The molecule has 1 aromatic heterocycles. The standard InChI is InChI=1S/C29H24FNO4/c1-16-2-3-18-14-20(8-11-25(18)31-16)35-26-13-10-24(30)28-21(26)9-12-27(28)34-19-6-4-17(5-7-19)22-15-23(22)29(32)33/h2-8,10-11,13-14,22-23,27H,9,12,15H2,1H3,(H,32,33)/t22-,23+,27-/m1/s1. The minimum atomic E-state index is -0.748. The number of hydrogen-bond acceptors (Lipinski definition) is 4. The van der Waals surface area contributed by atoms with Crippen molar-refractivity contribution in [2.24, 2.45) is 5.92 Å². The molecule has 0 radical (unpaired) electrons. The Morgan fingerprint density at radius 2 is 1.83 bits per heavy atom. The molecule has 2 aliphatic carbocycles. The van der Waals surface area contributed by atoms with E-state index in [-0.39, 0.29) is 17.7 Å². The number of aliphatic carboxylic acids is 1. The van der Waals surface area contributed by atoms with Gasteiger partial charge in [-0.2, -0.15) is 0 Å². The van der Waals surface area contributed by atoms with E-state index in [2.05, 4.69) is 4.98 Å². The van der Waals surface area contributed by atoms with E-state index in [0.29, 0.717) is 42.1 Å². The van der Waals surface area contributed by atoms with E-state index in [0.717, 1.165) is 27.7 Å². The molecule has 1 N–H and O–H groups in total. The topological polar surface area (TPSA) is 68.7 Å². The summed E-state index contributed by atoms with van der Waals surface area (Å²) in [5.74, 6) is 0.683. The summed E-state index contributed by atoms with van der Waals surface area (Å²) >= 11 is 0. The summed E-state index contributed by atoms with van der Waals surface area (Å²) in [7, 11) is 0. The maximum Gasteiger partial charge on any atom is 0.307 e. The normalized spacial score (nSPS) is 20.5. The van der Waals surface area contributed by atoms with Gasteiger partial charge in [0.25, 0.3) is 0 Å². The predicted octanol–water partition coefficient (Wildman–Crippen LogP) is 6.73. The Bertz CT molecular complexity index is 1450. The summed E-state index contributed by atoms with van der Waals surface area (Å²) in [6, 6.07) is 20.3. The van der Waals surface area contributed by atoms with Crippen molar-refractivity contribution in [1.82, 2.24) is 4.98 Å². The largest absolute Gasteiger partial charge is 0.486 e. The zero-order chi connectivity index (χ0) is 24.1. The average Bonchev–Trinajstić information content (AvgIpc) is 3.55. The molecule has 1 saturated carbocycles. The molecule has 35 heavy (non-hydrogen) atoms. The number of fused-ring (bicyclic) bond motifs is 2. The maximum absolute atomic E-state index is 14.9. The number of aryl methyl sites for hydroxylation is 1. The van der Waals surface area contributed by atoms with Crippen LogP contribution in [0.15, 0.2) is 66.7 Å². The lowest BCUT2D eigenvalue weighted by Gasteiger charge is -2.17. The van der Waals surface area contributed by atoms with E-state index >= 15 is 0 Å². The smallest absolute Gasteiger partial charge is 0.307 e. The molecule has 6 heteroatoms. The van der Waals surface area contributed by atoms with Crippen molar-refractivity contribution in [3.05, 3.63) is 94.9 Å². The van der Waals surface area contributed by atoms with Crippen LogP contribution in [-0.4, -0.2) is 16.1 Å². The van der Waals surface area contributed by atoms with Gasteiger partial charge >= 0.3 is 5.97 Å². The second kappa shape index (κ2) is 8.38. The first kappa shape index (κ1) is 21.6. The second-order valence-electron chi connectivity index (χ2n) is 9.35. The molecule has 3 atom stereocenters. The third-order valence-corrected chi connectivity index (χ3v) is 6.96. The highest BCUT2D eigenvalue weighted by molar-refractivity contribution is 5.80. The number of hydrogen-bond donors (Lipinski definition) is 1. The van der Waals surface area contributed by atoms with Crippen LogP contribution < -0.4 is 9.47 Å². The lowest BCUT2D eigenvalue weighted by atomic mass is 10.1. The molecular formula is C29H24FNO4. The third-order valence-electron chi connectivity index (χ3n) is 6.96. The molecule has 6 rings (SSSR count). The van der Waals surface area contributed by atoms with E-state index in [4.69, 9.17) is 14.6 Å². The fraction of sp³-hybridized carbons (Fsp3) is 0.241. The van der Waals surface area contributed by atoms with Gasteiger partial charge in [-0.15, -0.1) is 0 Å². The molecular weight excluding hydrogens is 445 g/mol. The van der Waals surface area contributed by atoms with Crippen molar-refractivity contribution in [1.29, 1.82) is 0 Å². The zero-order valence-electron chi connectivity index (χ0n) is 19.2. The van der Waals surface area contributed by atoms with Crippen molar-refractivity contribution in [3.8, 4) is 17.2 Å². The SMILES string of the molecule is Cc1ccc2cc(Oc3ccc(F)c4c3CC[C@H]4Oc3ccc([C@H]4C[C@@H]4C(=O)O)cc3)ccc2n1. The molecule has 0 aliphatic heterocycles. The second-order valence-corrected chi connectivity index (χ2v) is 9.35. The monoisotopic (exact) mass is 469 g/mol. The lowest BCUT2D eigenvalue weighted by Crippen LogP contribution is -2.06. The Kier molecular flexibility index (Phi) is 5.17. The van der Waals surface area contributed by atoms with Crippen molar-refractivity contribution in [2.45, 2.75) is 38.2 Å². The summed E-state index contributed by atoms with van der Waals surface area (Å²) in [6.45, 7) is 1.96. The summed E-state index contributed by atoms with van der Waals surface area (Å²) in [5.41, 5.74) is 4.23. The molecule has 5 nitrogen and oxygen atoms in total. The average molecular weight is 470 g/mol. The van der Waals surface area contributed by atoms with Crippen molar-refractivity contribution < 1.29 is 23.8 Å². The summed E-state index contributed by atoms with van der Waals surface area (Å²) in [6.07, 6.45) is 1.57. The lowest BCUT2D eigenvalue weighted by molar-refractivity contribution is -0.138. The van der Waals surface area contributed by atoms with Gasteiger partial charge in [0.1, 0.15) is 29.2 Å². The first-order valence-corrected chi connectivity index (χ1v) is 11.8. The number of halogens is 1. The van der Waals surface area contributed by atoms with Crippen LogP contribution in [0.4, 0.5) is 4.39 Å². The zero-order valence-corrected chi connectivity index (χ0v) is 19.2. The number of nitrogens with zero attached hydrogens (tertiary/aromatic N) is 1. The molecule has 3 aromatic carbocycles. The Morgan fingerprint density at radius 1 is 1.03 bits per heavy atom. The minimum absolute atomic E-state index is 0.0702. The van der Waals surface area contributed by atoms with Gasteiger partial charge in [-0.25, -0.2) is 4.39 Å². The quantitative estimate of drug-likeness (QED) is 0.339. The van der Waals surface area contributed by atoms with Gasteiger partial charge in [0.15, 0.2) is 0 Å². The van der Waals surface area contributed by atoms with Crippen LogP contribution in [-0.2, 0) is 11.2 Å². The molecule has 1 fully saturated rings. The van der Waals surface area contributed by atoms with Gasteiger partial charge < -0.3 is 14.6 Å². The van der Waals surface area contributed by atoms with Gasteiger partial charge in [-0.05, 0) is 86.2 Å². The number of rotatable bonds is 6. The summed E-state index contributed by atoms with van der Waals surface area (Å²) in [5, 5.41) is 10.1. The summed E-state index contributed by atoms with van der Waals surface area (Å²) in [4.78, 5) is 15.7. The fourth-order valence-electron chi connectivity index (χ4n) is 5.05. The van der Waals surface area contributed by atoms with E-state index in [1.54, 1.807) is 6.07 Å². The first-order valence-electron chi connectivity index (χ1n) is 11.8. The van der Waals surface area contributed by atoms with Gasteiger partial charge in [-0.3, -0.25) is 9.78 Å². The highest BCUT2D eigenvalue weighted by Gasteiger charge is 2.44. The maximum atomic E-state index is 14.9. The number of carbonyl (C=O) groups is 1. The molecule has 2 aliphatic rings. The highest BCUT2D eigenvalue weighted by atomic mass is 19.1. The van der Waals surface area contributed by atoms with Crippen LogP contribution in [0.2, 0.25) is 0 Å². The number of benzene rings is 3. The number of pyridine rings is 1. The van der Waals surface area contributed by atoms with E-state index in [1.807, 2.05) is 61.5 Å². The Labute approximate surface area is 202 Å². The van der Waals surface area contributed by atoms with Crippen LogP contribution in [0, 0.1) is 18.7 Å². The molecule has 4 aromatic rings. The van der Waals surface area contributed by atoms with Crippen LogP contribution >= 0.6 is 0 Å². The van der Waals surface area contributed by atoms with Crippen LogP contribution in [0.5, 0.6) is 17.2 Å². The molecule has 0 amide bonds. The molecule has 0 bridgehead atoms. The van der Waals surface area contributed by atoms with Gasteiger partial charge in [0.05, 0.1) is 11.4 Å². The third kappa shape index (κ3) is 4.09. The van der Waals surface area contributed by atoms with E-state index in [9.17, 15) is 9.18 Å². The molecule has 176 valence electrons. The molecule has 0 saturated heterocycles. The van der Waals surface area contributed by atoms with Crippen LogP contribution in [0.25, 0.3) is 10.9 Å². The van der Waals surface area contributed by atoms with Crippen molar-refractivity contribution in [3.63, 3.8) is 0 Å². The van der Waals surface area contributed by atoms with Crippen molar-refractivity contribution >= 4 is 16.9 Å². The molecule has 1 heterocycles. The van der Waals surface area contributed by atoms with E-state index < -0.39 is 12.1 Å². The van der Waals surface area contributed by atoms with E-state index in [1.165, 1.54) is 6.07 Å². The molecule has 0 spiro atoms. The number of ether oxygens (including phenoxy) is 2. The molecule has 0 unspecified atom stereocenters. The van der Waals surface area contributed by atoms with Crippen LogP contribution in [0.1, 0.15) is 47.2 Å². The summed E-state index contributed by atoms with van der Waals surface area (Å²) < 4.78 is 27.3. The Balaban J connectivity index is 1.21. The first-order chi connectivity index (χ1) is 17.0. The van der Waals surface area contributed by atoms with Crippen molar-refractivity contribution in [2.75, 3.05) is 0 Å². The number of carboxylic acids is 1. The Morgan fingerprint density at radius 3 is 2.60 bits per heavy atom. The Hall–Kier alpha value is -3.93. The fourth-order valence-corrected chi connectivity index (χ4v) is 5.05. The number of aromatic nitrogens is 1. The van der Waals surface area contributed by atoms with Crippen LogP contribution in [0.3, 0.4) is 0 Å². The van der Waals surface area contributed by atoms with Gasteiger partial charge in [0, 0.05) is 22.2 Å².